The van der Waals surface area contributed by atoms with Crippen LogP contribution in [-0.2, 0) is 4.79 Å². The van der Waals surface area contributed by atoms with Crippen molar-refractivity contribution in [3.8, 4) is 0 Å². The van der Waals surface area contributed by atoms with E-state index in [1.54, 1.807) is 12.1 Å². The quantitative estimate of drug-likeness (QED) is 0.398. The summed E-state index contributed by atoms with van der Waals surface area (Å²) < 4.78 is 0. The summed E-state index contributed by atoms with van der Waals surface area (Å²) in [5.74, 6) is -0.380. The lowest BCUT2D eigenvalue weighted by molar-refractivity contribution is -0.114. The third kappa shape index (κ3) is 3.96. The van der Waals surface area contributed by atoms with Gasteiger partial charge in [-0.25, -0.2) is 0 Å². The molecule has 0 aliphatic rings. The van der Waals surface area contributed by atoms with Gasteiger partial charge in [0.25, 0.3) is 0 Å². The molecular weight excluding hydrogens is 374 g/mol. The Morgan fingerprint density at radius 2 is 1.57 bits per heavy atom. The Morgan fingerprint density at radius 1 is 0.867 bits per heavy atom. The first-order chi connectivity index (χ1) is 14.5. The number of nitrogens with one attached hydrogen (secondary N) is 3. The van der Waals surface area contributed by atoms with Gasteiger partial charge in [-0.05, 0) is 31.5 Å². The van der Waals surface area contributed by atoms with Crippen LogP contribution >= 0.6 is 0 Å². The van der Waals surface area contributed by atoms with Crippen LogP contribution in [0.15, 0.2) is 72.8 Å². The third-order valence-corrected chi connectivity index (χ3v) is 5.10. The molecule has 0 atom stereocenters. The predicted molar refractivity (Wildman–Crippen MR) is 121 cm³/mol. The Hall–Kier alpha value is -3.86. The van der Waals surface area contributed by atoms with Crippen LogP contribution in [0.25, 0.3) is 10.9 Å². The number of ketones is 1. The number of aromatic nitrogens is 1. The molecule has 150 valence electrons. The van der Waals surface area contributed by atoms with Crippen LogP contribution in [0.5, 0.6) is 0 Å². The molecular formula is C25H23N3O2. The first-order valence-electron chi connectivity index (χ1n) is 9.84. The van der Waals surface area contributed by atoms with Crippen molar-refractivity contribution in [3.05, 3.63) is 95.2 Å². The van der Waals surface area contributed by atoms with Crippen molar-refractivity contribution in [2.24, 2.45) is 0 Å². The molecule has 0 aliphatic carbocycles. The predicted octanol–water partition coefficient (Wildman–Crippen LogP) is 5.07. The van der Waals surface area contributed by atoms with E-state index >= 15 is 0 Å². The fourth-order valence-electron chi connectivity index (χ4n) is 3.42. The summed E-state index contributed by atoms with van der Waals surface area (Å²) >= 11 is 0. The highest BCUT2D eigenvalue weighted by Gasteiger charge is 2.20. The molecule has 1 amide bonds. The van der Waals surface area contributed by atoms with E-state index in [1.165, 1.54) is 0 Å². The van der Waals surface area contributed by atoms with Crippen molar-refractivity contribution in [1.82, 2.24) is 4.98 Å². The van der Waals surface area contributed by atoms with Crippen LogP contribution < -0.4 is 10.6 Å². The number of H-pyrrole nitrogens is 1. The van der Waals surface area contributed by atoms with Gasteiger partial charge < -0.3 is 15.6 Å². The lowest BCUT2D eigenvalue weighted by Gasteiger charge is -2.11. The van der Waals surface area contributed by atoms with Crippen LogP contribution in [0.2, 0.25) is 0 Å². The van der Waals surface area contributed by atoms with Gasteiger partial charge in [0.05, 0.1) is 12.2 Å². The van der Waals surface area contributed by atoms with Crippen molar-refractivity contribution in [3.63, 3.8) is 0 Å². The summed E-state index contributed by atoms with van der Waals surface area (Å²) in [7, 11) is 0. The third-order valence-electron chi connectivity index (χ3n) is 5.10. The number of para-hydroxylation sites is 2. The number of carbonyl (C=O) groups is 2. The molecule has 0 aliphatic heterocycles. The second-order valence-electron chi connectivity index (χ2n) is 7.33. The number of hydrogen-bond acceptors (Lipinski definition) is 3. The lowest BCUT2D eigenvalue weighted by atomic mass is 10.1. The minimum atomic E-state index is -0.221. The summed E-state index contributed by atoms with van der Waals surface area (Å²) in [4.78, 5) is 29.0. The van der Waals surface area contributed by atoms with E-state index in [0.29, 0.717) is 16.9 Å². The number of aromatic amines is 1. The van der Waals surface area contributed by atoms with Gasteiger partial charge in [-0.1, -0.05) is 66.2 Å². The van der Waals surface area contributed by atoms with Crippen molar-refractivity contribution < 1.29 is 9.59 Å². The smallest absolute Gasteiger partial charge is 0.243 e. The summed E-state index contributed by atoms with van der Waals surface area (Å²) in [6, 6.07) is 22.8. The van der Waals surface area contributed by atoms with Gasteiger partial charge in [-0.3, -0.25) is 9.59 Å². The maximum Gasteiger partial charge on any atom is 0.243 e. The van der Waals surface area contributed by atoms with Gasteiger partial charge in [-0.2, -0.15) is 0 Å². The summed E-state index contributed by atoms with van der Waals surface area (Å²) in [6.45, 7) is 4.06. The van der Waals surface area contributed by atoms with Crippen molar-refractivity contribution in [1.29, 1.82) is 0 Å². The molecule has 5 heteroatoms. The molecule has 0 spiro atoms. The molecule has 0 unspecified atom stereocenters. The van der Waals surface area contributed by atoms with Crippen LogP contribution in [0.1, 0.15) is 27.2 Å². The van der Waals surface area contributed by atoms with Crippen molar-refractivity contribution >= 4 is 34.0 Å². The number of anilines is 2. The van der Waals surface area contributed by atoms with Crippen LogP contribution in [0.4, 0.5) is 11.4 Å². The molecule has 0 radical (unpaired) electrons. The van der Waals surface area contributed by atoms with Gasteiger partial charge in [-0.15, -0.1) is 0 Å². The number of hydrogen-bond donors (Lipinski definition) is 3. The first kappa shape index (κ1) is 19.5. The number of benzene rings is 3. The maximum absolute atomic E-state index is 13.2. The number of rotatable bonds is 6. The van der Waals surface area contributed by atoms with Gasteiger partial charge >= 0.3 is 0 Å². The van der Waals surface area contributed by atoms with Crippen molar-refractivity contribution in [2.75, 3.05) is 17.2 Å². The molecule has 0 bridgehead atoms. The van der Waals surface area contributed by atoms with E-state index in [0.717, 1.165) is 27.7 Å². The molecule has 30 heavy (non-hydrogen) atoms. The van der Waals surface area contributed by atoms with Crippen molar-refractivity contribution in [2.45, 2.75) is 13.8 Å². The van der Waals surface area contributed by atoms with E-state index in [2.05, 4.69) is 15.6 Å². The largest absolute Gasteiger partial charge is 0.376 e. The average molecular weight is 397 g/mol. The Morgan fingerprint density at radius 3 is 2.33 bits per heavy atom. The zero-order valence-corrected chi connectivity index (χ0v) is 17.0. The molecule has 0 saturated heterocycles. The fourth-order valence-corrected chi connectivity index (χ4v) is 3.42. The summed E-state index contributed by atoms with van der Waals surface area (Å²) in [6.07, 6.45) is 0. The highest BCUT2D eigenvalue weighted by atomic mass is 16.2. The molecule has 3 N–H and O–H groups in total. The number of amides is 1. The molecule has 5 nitrogen and oxygen atoms in total. The van der Waals surface area contributed by atoms with E-state index < -0.39 is 0 Å². The molecule has 4 rings (SSSR count). The standard InChI is InChI=1S/C25H23N3O2/c1-16-11-13-18(14-12-16)25(30)24-23(19-8-4-6-10-21(19)27-24)28-22(29)15-26-20-9-5-3-7-17(20)2/h3-14,26-27H,15H2,1-2H3,(H,28,29). The minimum absolute atomic E-state index is 0.0997. The maximum atomic E-state index is 13.2. The topological polar surface area (TPSA) is 74.0 Å². The van der Waals surface area contributed by atoms with Crippen LogP contribution in [0.3, 0.4) is 0 Å². The Bertz CT molecular complexity index is 1220. The van der Waals surface area contributed by atoms with E-state index in [-0.39, 0.29) is 18.2 Å². The molecule has 0 fully saturated rings. The fraction of sp³-hybridized carbons (Fsp3) is 0.120. The number of carbonyl (C=O) groups excluding carboxylic acids is 2. The Labute approximate surface area is 175 Å². The van der Waals surface area contributed by atoms with Gasteiger partial charge in [0, 0.05) is 22.2 Å². The second-order valence-corrected chi connectivity index (χ2v) is 7.33. The van der Waals surface area contributed by atoms with Gasteiger partial charge in [0.2, 0.25) is 11.7 Å². The van der Waals surface area contributed by atoms with E-state index in [4.69, 9.17) is 0 Å². The highest BCUT2D eigenvalue weighted by Crippen LogP contribution is 2.29. The zero-order chi connectivity index (χ0) is 21.1. The monoisotopic (exact) mass is 397 g/mol. The minimum Gasteiger partial charge on any atom is -0.376 e. The Kier molecular flexibility index (Phi) is 5.35. The first-order valence-corrected chi connectivity index (χ1v) is 9.84. The van der Waals surface area contributed by atoms with Crippen LogP contribution in [0, 0.1) is 13.8 Å². The van der Waals surface area contributed by atoms with E-state index in [9.17, 15) is 9.59 Å². The molecule has 1 heterocycles. The molecule has 3 aromatic carbocycles. The van der Waals surface area contributed by atoms with E-state index in [1.807, 2.05) is 74.5 Å². The highest BCUT2D eigenvalue weighted by molar-refractivity contribution is 6.18. The lowest BCUT2D eigenvalue weighted by Crippen LogP contribution is -2.23. The normalized spacial score (nSPS) is 10.7. The number of fused-ring (bicyclic) bond motifs is 1. The summed E-state index contributed by atoms with van der Waals surface area (Å²) in [5, 5.41) is 6.89. The molecule has 0 saturated carbocycles. The molecule has 4 aromatic rings. The number of aryl methyl sites for hydroxylation is 2. The second kappa shape index (κ2) is 8.25. The average Bonchev–Trinajstić information content (AvgIpc) is 3.11. The summed E-state index contributed by atoms with van der Waals surface area (Å²) in [5.41, 5.74) is 5.31. The zero-order valence-electron chi connectivity index (χ0n) is 17.0. The Balaban J connectivity index is 1.61. The SMILES string of the molecule is Cc1ccc(C(=O)c2[nH]c3ccccc3c2NC(=O)CNc2ccccc2C)cc1. The van der Waals surface area contributed by atoms with Crippen LogP contribution in [-0.4, -0.2) is 23.2 Å². The van der Waals surface area contributed by atoms with Gasteiger partial charge in [0.15, 0.2) is 0 Å². The molecule has 1 aromatic heterocycles. The van der Waals surface area contributed by atoms with Gasteiger partial charge in [0.1, 0.15) is 5.69 Å².